The van der Waals surface area contributed by atoms with Gasteiger partial charge in [-0.3, -0.25) is 0 Å². The molecule has 2 atom stereocenters. The van der Waals surface area contributed by atoms with E-state index in [2.05, 4.69) is 13.2 Å². The van der Waals surface area contributed by atoms with E-state index in [1.165, 1.54) is 0 Å². The highest BCUT2D eigenvalue weighted by Gasteiger charge is 2.45. The molecular weight excluding hydrogens is 588 g/mol. The largest absolute Gasteiger partial charge is 0.491 e. The monoisotopic (exact) mass is 622 g/mol. The zero-order chi connectivity index (χ0) is 32.5. The van der Waals surface area contributed by atoms with E-state index < -0.39 is 29.6 Å². The smallest absolute Gasteiger partial charge is 0.330 e. The minimum Gasteiger partial charge on any atom is -0.491 e. The Morgan fingerprint density at radius 1 is 0.630 bits per heavy atom. The van der Waals surface area contributed by atoms with Crippen LogP contribution < -0.4 is 14.2 Å². The average Bonchev–Trinajstić information content (AvgIpc) is 3.10. The third kappa shape index (κ3) is 6.96. The summed E-state index contributed by atoms with van der Waals surface area (Å²) in [4.78, 5) is 22.6. The highest BCUT2D eigenvalue weighted by Crippen LogP contribution is 2.55. The lowest BCUT2D eigenvalue weighted by Gasteiger charge is -2.41. The van der Waals surface area contributed by atoms with E-state index in [4.69, 9.17) is 23.7 Å². The van der Waals surface area contributed by atoms with Crippen molar-refractivity contribution in [2.75, 3.05) is 26.4 Å². The van der Waals surface area contributed by atoms with Crippen LogP contribution in [0, 0.1) is 0 Å². The summed E-state index contributed by atoms with van der Waals surface area (Å²) in [6.45, 7) is 6.13. The molecule has 4 aromatic carbocycles. The Labute approximate surface area is 266 Å². The Morgan fingerprint density at radius 2 is 1.02 bits per heavy atom. The van der Waals surface area contributed by atoms with Crippen LogP contribution >= 0.6 is 0 Å². The number of esters is 2. The number of ether oxygens (including phenoxy) is 5. The summed E-state index contributed by atoms with van der Waals surface area (Å²) in [5.41, 5.74) is 2.97. The molecule has 5 rings (SSSR count). The summed E-state index contributed by atoms with van der Waals surface area (Å²) < 4.78 is 27.7. The number of carbonyl (C=O) groups is 2. The molecule has 4 aromatic rings. The molecule has 0 saturated heterocycles. The van der Waals surface area contributed by atoms with Crippen LogP contribution in [0.4, 0.5) is 0 Å². The lowest BCUT2D eigenvalue weighted by atomic mass is 9.63. The van der Waals surface area contributed by atoms with Gasteiger partial charge in [0.2, 0.25) is 0 Å². The number of carbonyl (C=O) groups excluding carboxylic acids is 2. The topological polar surface area (TPSA) is 121 Å². The van der Waals surface area contributed by atoms with Crippen LogP contribution in [0.3, 0.4) is 0 Å². The summed E-state index contributed by atoms with van der Waals surface area (Å²) in [7, 11) is 0. The van der Waals surface area contributed by atoms with Crippen molar-refractivity contribution in [2.24, 2.45) is 0 Å². The SMILES string of the molecule is C=CC(=O)OCC(O)COc1ccc(C2(c3ccc(OCC(O)COC(=O)C=C)cc3)c3ccccc3Oc3ccccc32)cc1. The number of aliphatic hydroxyl groups excluding tert-OH is 2. The van der Waals surface area contributed by atoms with Gasteiger partial charge in [0.25, 0.3) is 0 Å². The van der Waals surface area contributed by atoms with E-state index in [0.717, 1.165) is 45.9 Å². The Bertz CT molecular complexity index is 1550. The van der Waals surface area contributed by atoms with Crippen molar-refractivity contribution in [3.8, 4) is 23.0 Å². The first-order valence-corrected chi connectivity index (χ1v) is 14.6. The van der Waals surface area contributed by atoms with Gasteiger partial charge in [0, 0.05) is 23.3 Å². The molecule has 0 amide bonds. The van der Waals surface area contributed by atoms with Gasteiger partial charge in [-0.15, -0.1) is 0 Å². The molecule has 1 heterocycles. The van der Waals surface area contributed by atoms with Gasteiger partial charge >= 0.3 is 11.9 Å². The molecular formula is C37H34O9. The first kappa shape index (κ1) is 32.0. The van der Waals surface area contributed by atoms with E-state index >= 15 is 0 Å². The van der Waals surface area contributed by atoms with Crippen LogP contribution in [0.15, 0.2) is 122 Å². The van der Waals surface area contributed by atoms with Gasteiger partial charge in [0.15, 0.2) is 0 Å². The highest BCUT2D eigenvalue weighted by molar-refractivity contribution is 5.81. The number of rotatable bonds is 14. The molecule has 9 nitrogen and oxygen atoms in total. The Balaban J connectivity index is 1.46. The third-order valence-corrected chi connectivity index (χ3v) is 7.43. The fourth-order valence-corrected chi connectivity index (χ4v) is 5.34. The van der Waals surface area contributed by atoms with Gasteiger partial charge in [0.1, 0.15) is 61.6 Å². The summed E-state index contributed by atoms with van der Waals surface area (Å²) in [6.07, 6.45) is 0.0551. The van der Waals surface area contributed by atoms with E-state index in [-0.39, 0.29) is 26.4 Å². The molecule has 0 saturated carbocycles. The summed E-state index contributed by atoms with van der Waals surface area (Å²) >= 11 is 0. The summed E-state index contributed by atoms with van der Waals surface area (Å²) in [5.74, 6) is 1.27. The first-order chi connectivity index (χ1) is 22.3. The predicted molar refractivity (Wildman–Crippen MR) is 170 cm³/mol. The van der Waals surface area contributed by atoms with Crippen molar-refractivity contribution in [1.29, 1.82) is 0 Å². The fourth-order valence-electron chi connectivity index (χ4n) is 5.34. The van der Waals surface area contributed by atoms with Crippen LogP contribution in [-0.4, -0.2) is 60.8 Å². The van der Waals surface area contributed by atoms with Crippen molar-refractivity contribution >= 4 is 11.9 Å². The maximum absolute atomic E-state index is 11.3. The van der Waals surface area contributed by atoms with Crippen molar-refractivity contribution in [3.05, 3.63) is 145 Å². The standard InChI is InChI=1S/C37H34O9/c1-3-35(40)44-23-27(38)21-42-29-17-13-25(14-18-29)37(31-9-5-7-11-33(31)46-34-12-8-6-10-32(34)37)26-15-19-30(20-16-26)43-22-28(39)24-45-36(41)4-2/h3-20,27-28,38-39H,1-2,21-24H2. The second-order valence-electron chi connectivity index (χ2n) is 10.5. The first-order valence-electron chi connectivity index (χ1n) is 14.6. The fraction of sp³-hybridized carbons (Fsp3) is 0.189. The maximum Gasteiger partial charge on any atom is 0.330 e. The normalized spacial score (nSPS) is 13.9. The van der Waals surface area contributed by atoms with Crippen molar-refractivity contribution in [3.63, 3.8) is 0 Å². The third-order valence-electron chi connectivity index (χ3n) is 7.43. The molecule has 0 bridgehead atoms. The zero-order valence-electron chi connectivity index (χ0n) is 25.0. The second-order valence-corrected chi connectivity index (χ2v) is 10.5. The van der Waals surface area contributed by atoms with Crippen LogP contribution in [-0.2, 0) is 24.5 Å². The predicted octanol–water partition coefficient (Wildman–Crippen LogP) is 5.11. The number of benzene rings is 4. The van der Waals surface area contributed by atoms with E-state index in [1.807, 2.05) is 97.1 Å². The summed E-state index contributed by atoms with van der Waals surface area (Å²) in [5, 5.41) is 20.3. The molecule has 2 N–H and O–H groups in total. The van der Waals surface area contributed by atoms with Gasteiger partial charge in [-0.2, -0.15) is 0 Å². The summed E-state index contributed by atoms with van der Waals surface area (Å²) in [6, 6.07) is 31.0. The molecule has 1 aliphatic heterocycles. The Kier molecular flexibility index (Phi) is 10.2. The van der Waals surface area contributed by atoms with Gasteiger partial charge in [-0.05, 0) is 47.5 Å². The molecule has 2 unspecified atom stereocenters. The quantitative estimate of drug-likeness (QED) is 0.129. The lowest BCUT2D eigenvalue weighted by molar-refractivity contribution is -0.142. The maximum atomic E-state index is 11.3. The van der Waals surface area contributed by atoms with Gasteiger partial charge in [0.05, 0.1) is 5.41 Å². The molecule has 9 heteroatoms. The average molecular weight is 623 g/mol. The minimum absolute atomic E-state index is 0.0682. The molecule has 0 spiro atoms. The number of aliphatic hydroxyl groups is 2. The van der Waals surface area contributed by atoms with Gasteiger partial charge < -0.3 is 33.9 Å². The number of fused-ring (bicyclic) bond motifs is 2. The van der Waals surface area contributed by atoms with Crippen LogP contribution in [0.5, 0.6) is 23.0 Å². The van der Waals surface area contributed by atoms with E-state index in [0.29, 0.717) is 11.5 Å². The van der Waals surface area contributed by atoms with Crippen LogP contribution in [0.2, 0.25) is 0 Å². The van der Waals surface area contributed by atoms with Crippen LogP contribution in [0.25, 0.3) is 0 Å². The molecule has 236 valence electrons. The van der Waals surface area contributed by atoms with Crippen LogP contribution in [0.1, 0.15) is 22.3 Å². The lowest BCUT2D eigenvalue weighted by Crippen LogP contribution is -2.34. The minimum atomic E-state index is -1.01. The molecule has 0 fully saturated rings. The second kappa shape index (κ2) is 14.6. The van der Waals surface area contributed by atoms with E-state index in [1.54, 1.807) is 0 Å². The number of hydrogen-bond acceptors (Lipinski definition) is 9. The van der Waals surface area contributed by atoms with E-state index in [9.17, 15) is 19.8 Å². The molecule has 46 heavy (non-hydrogen) atoms. The highest BCUT2D eigenvalue weighted by atomic mass is 16.6. The molecule has 0 radical (unpaired) electrons. The Hall–Kier alpha value is -5.38. The number of para-hydroxylation sites is 2. The molecule has 0 aliphatic carbocycles. The van der Waals surface area contributed by atoms with Crippen molar-refractivity contribution in [2.45, 2.75) is 17.6 Å². The molecule has 0 aromatic heterocycles. The van der Waals surface area contributed by atoms with Crippen molar-refractivity contribution in [1.82, 2.24) is 0 Å². The zero-order valence-corrected chi connectivity index (χ0v) is 25.0. The van der Waals surface area contributed by atoms with Crippen molar-refractivity contribution < 1.29 is 43.5 Å². The van der Waals surface area contributed by atoms with Gasteiger partial charge in [-0.1, -0.05) is 73.8 Å². The Morgan fingerprint density at radius 3 is 1.41 bits per heavy atom. The number of hydrogen-bond donors (Lipinski definition) is 2. The molecule has 1 aliphatic rings. The van der Waals surface area contributed by atoms with Gasteiger partial charge in [-0.25, -0.2) is 9.59 Å².